The molecule has 0 bridgehead atoms. The van der Waals surface area contributed by atoms with Gasteiger partial charge in [0.2, 0.25) is 5.91 Å². The van der Waals surface area contributed by atoms with E-state index in [-0.39, 0.29) is 70.8 Å². The number of thioether (sulfide) groups is 1. The van der Waals surface area contributed by atoms with Gasteiger partial charge in [0.15, 0.2) is 0 Å². The van der Waals surface area contributed by atoms with Gasteiger partial charge in [-0.2, -0.15) is 0 Å². The van der Waals surface area contributed by atoms with Crippen LogP contribution in [0, 0.1) is 5.92 Å². The van der Waals surface area contributed by atoms with E-state index in [2.05, 4.69) is 24.4 Å². The van der Waals surface area contributed by atoms with Gasteiger partial charge in [-0.25, -0.2) is 0 Å². The number of carbonyl (C=O) groups is 3. The summed E-state index contributed by atoms with van der Waals surface area (Å²) in [7, 11) is 0. The van der Waals surface area contributed by atoms with Crippen LogP contribution in [0.5, 0.6) is 0 Å². The molecule has 3 unspecified atom stereocenters. The number of rotatable bonds is 19. The molecular formula is C31H45NNa2O6S. The number of benzene rings is 2. The van der Waals surface area contributed by atoms with Crippen LogP contribution in [0.15, 0.2) is 53.4 Å². The second-order valence-electron chi connectivity index (χ2n) is 10.1. The van der Waals surface area contributed by atoms with Gasteiger partial charge in [-0.3, -0.25) is 14.4 Å². The number of aliphatic hydroxyl groups excluding tert-OH is 1. The SMILES string of the molecule is CCCCCCCCCc1ccc(C(Sc2cccc(NC(=O)C(C)C(=O)O)c2)C(O)CCCC(=O)O)cc1.[NaH].[NaH]. The number of aryl methyl sites for hydroxylation is 1. The third kappa shape index (κ3) is 16.0. The molecule has 4 N–H and O–H groups in total. The van der Waals surface area contributed by atoms with Gasteiger partial charge in [-0.05, 0) is 61.9 Å². The monoisotopic (exact) mass is 605 g/mol. The second-order valence-corrected chi connectivity index (χ2v) is 11.3. The van der Waals surface area contributed by atoms with Gasteiger partial charge in [0.1, 0.15) is 5.92 Å². The second kappa shape index (κ2) is 22.7. The van der Waals surface area contributed by atoms with Gasteiger partial charge in [-0.15, -0.1) is 11.8 Å². The van der Waals surface area contributed by atoms with Crippen molar-refractivity contribution in [1.82, 2.24) is 0 Å². The molecular weight excluding hydrogens is 560 g/mol. The summed E-state index contributed by atoms with van der Waals surface area (Å²) in [5.74, 6) is -3.87. The van der Waals surface area contributed by atoms with Gasteiger partial charge in [-0.1, -0.05) is 75.8 Å². The number of hydrogen-bond acceptors (Lipinski definition) is 5. The summed E-state index contributed by atoms with van der Waals surface area (Å²) in [6.07, 6.45) is 9.79. The first kappa shape index (κ1) is 40.2. The molecule has 0 spiro atoms. The van der Waals surface area contributed by atoms with Crippen molar-refractivity contribution in [2.75, 3.05) is 5.32 Å². The van der Waals surface area contributed by atoms with Crippen molar-refractivity contribution < 1.29 is 29.7 Å². The van der Waals surface area contributed by atoms with Crippen LogP contribution in [0.2, 0.25) is 0 Å². The van der Waals surface area contributed by atoms with E-state index in [1.165, 1.54) is 62.8 Å². The molecule has 41 heavy (non-hydrogen) atoms. The van der Waals surface area contributed by atoms with Crippen molar-refractivity contribution in [3.8, 4) is 0 Å². The van der Waals surface area contributed by atoms with Gasteiger partial charge >= 0.3 is 71.1 Å². The van der Waals surface area contributed by atoms with Crippen LogP contribution in [0.3, 0.4) is 0 Å². The zero-order valence-corrected chi connectivity index (χ0v) is 23.9. The number of carboxylic acid groups (broad SMARTS) is 2. The standard InChI is InChI=1S/C31H43NO6S.2Na.2H/c1-3-4-5-6-7-8-9-12-23-17-19-24(20-18-23)29(27(33)15-11-16-28(34)35)39-26-14-10-13-25(21-26)32-30(36)22(2)31(37)38;;;;/h10,13-14,17-22,27,29,33H,3-9,11-12,15-16H2,1-2H3,(H,32,36)(H,34,35)(H,37,38);;;;. The van der Waals surface area contributed by atoms with E-state index in [4.69, 9.17) is 10.2 Å². The van der Waals surface area contributed by atoms with Gasteiger partial charge < -0.3 is 20.6 Å². The summed E-state index contributed by atoms with van der Waals surface area (Å²) in [5, 5.41) is 31.5. The van der Waals surface area contributed by atoms with Crippen molar-refractivity contribution in [2.24, 2.45) is 5.92 Å². The number of hydrogen-bond donors (Lipinski definition) is 4. The zero-order chi connectivity index (χ0) is 28.6. The molecule has 0 saturated heterocycles. The van der Waals surface area contributed by atoms with Crippen LogP contribution >= 0.6 is 11.8 Å². The maximum atomic E-state index is 12.2. The fourth-order valence-electron chi connectivity index (χ4n) is 4.30. The van der Waals surface area contributed by atoms with Crippen molar-refractivity contribution in [3.63, 3.8) is 0 Å². The number of unbranched alkanes of at least 4 members (excludes halogenated alkanes) is 6. The van der Waals surface area contributed by atoms with Crippen LogP contribution in [-0.2, 0) is 20.8 Å². The molecule has 218 valence electrons. The molecule has 0 aliphatic carbocycles. The first-order valence-corrected chi connectivity index (χ1v) is 14.9. The molecule has 2 aromatic carbocycles. The van der Waals surface area contributed by atoms with Crippen molar-refractivity contribution in [3.05, 3.63) is 59.7 Å². The van der Waals surface area contributed by atoms with E-state index in [1.54, 1.807) is 18.2 Å². The normalized spacial score (nSPS) is 12.8. The molecule has 2 rings (SSSR count). The summed E-state index contributed by atoms with van der Waals surface area (Å²) in [4.78, 5) is 35.1. The Kier molecular flexibility index (Phi) is 22.2. The fourth-order valence-corrected chi connectivity index (χ4v) is 5.53. The Labute approximate surface area is 293 Å². The van der Waals surface area contributed by atoms with E-state index in [1.807, 2.05) is 18.2 Å². The van der Waals surface area contributed by atoms with Crippen LogP contribution in [0.25, 0.3) is 0 Å². The third-order valence-electron chi connectivity index (χ3n) is 6.75. The molecule has 2 aromatic rings. The van der Waals surface area contributed by atoms with Crippen LogP contribution in [0.4, 0.5) is 5.69 Å². The summed E-state index contributed by atoms with van der Waals surface area (Å²) < 4.78 is 0. The Hall–Kier alpha value is -0.840. The Bertz CT molecular complexity index is 1050. The minimum absolute atomic E-state index is 0. The Morgan fingerprint density at radius 2 is 1.51 bits per heavy atom. The molecule has 0 saturated carbocycles. The summed E-state index contributed by atoms with van der Waals surface area (Å²) >= 11 is 1.44. The summed E-state index contributed by atoms with van der Waals surface area (Å²) in [5.41, 5.74) is 2.68. The quantitative estimate of drug-likeness (QED) is 0.0692. The Morgan fingerprint density at radius 1 is 0.878 bits per heavy atom. The number of carbonyl (C=O) groups excluding carboxylic acids is 1. The number of nitrogens with one attached hydrogen (secondary N) is 1. The molecule has 3 atom stereocenters. The predicted molar refractivity (Wildman–Crippen MR) is 170 cm³/mol. The van der Waals surface area contributed by atoms with E-state index >= 15 is 0 Å². The minimum atomic E-state index is -1.20. The van der Waals surface area contributed by atoms with Gasteiger partial charge in [0.05, 0.1) is 11.4 Å². The van der Waals surface area contributed by atoms with Crippen molar-refractivity contribution >= 4 is 94.4 Å². The molecule has 0 heterocycles. The summed E-state index contributed by atoms with van der Waals surface area (Å²) in [6, 6.07) is 15.4. The maximum absolute atomic E-state index is 12.2. The summed E-state index contributed by atoms with van der Waals surface area (Å²) in [6.45, 7) is 3.56. The zero-order valence-electron chi connectivity index (χ0n) is 23.1. The first-order chi connectivity index (χ1) is 18.7. The third-order valence-corrected chi connectivity index (χ3v) is 8.11. The van der Waals surface area contributed by atoms with Crippen molar-refractivity contribution in [2.45, 2.75) is 101 Å². The molecule has 0 aromatic heterocycles. The van der Waals surface area contributed by atoms with E-state index in [9.17, 15) is 19.5 Å². The fraction of sp³-hybridized carbons (Fsp3) is 0.516. The molecule has 0 radical (unpaired) electrons. The average Bonchev–Trinajstić information content (AvgIpc) is 2.91. The Balaban J connectivity index is 0.00000800. The van der Waals surface area contributed by atoms with Gasteiger partial charge in [0.25, 0.3) is 0 Å². The number of amides is 1. The molecule has 0 aliphatic rings. The number of anilines is 1. The number of aliphatic hydroxyl groups is 1. The van der Waals surface area contributed by atoms with E-state index < -0.39 is 29.9 Å². The number of carboxylic acids is 2. The molecule has 1 amide bonds. The molecule has 10 heteroatoms. The van der Waals surface area contributed by atoms with Crippen LogP contribution in [0.1, 0.15) is 94.4 Å². The predicted octanol–water partition coefficient (Wildman–Crippen LogP) is 5.79. The number of aliphatic carboxylic acids is 2. The molecule has 7 nitrogen and oxygen atoms in total. The molecule has 0 fully saturated rings. The molecule has 0 aliphatic heterocycles. The van der Waals surface area contributed by atoms with Crippen molar-refractivity contribution in [1.29, 1.82) is 0 Å². The Morgan fingerprint density at radius 3 is 2.12 bits per heavy atom. The van der Waals surface area contributed by atoms with Gasteiger partial charge in [0, 0.05) is 17.0 Å². The van der Waals surface area contributed by atoms with E-state index in [0.717, 1.165) is 23.3 Å². The van der Waals surface area contributed by atoms with E-state index in [0.29, 0.717) is 18.5 Å². The average molecular weight is 606 g/mol. The van der Waals surface area contributed by atoms with Crippen LogP contribution < -0.4 is 5.32 Å². The topological polar surface area (TPSA) is 124 Å². The van der Waals surface area contributed by atoms with Crippen LogP contribution in [-0.4, -0.2) is 98.4 Å². The first-order valence-electron chi connectivity index (χ1n) is 14.0.